The highest BCUT2D eigenvalue weighted by atomic mass is 27.0. The van der Waals surface area contributed by atoms with Crippen molar-refractivity contribution in [3.05, 3.63) is 0 Å². The summed E-state index contributed by atoms with van der Waals surface area (Å²) in [6.45, 7) is 0. The van der Waals surface area contributed by atoms with E-state index in [-0.39, 0.29) is 0 Å². The van der Waals surface area contributed by atoms with Gasteiger partial charge in [0.1, 0.15) is 16.3 Å². The molecule has 0 atom stereocenters. The van der Waals surface area contributed by atoms with Crippen LogP contribution >= 0.6 is 0 Å². The molecule has 2 aliphatic carbocycles. The third-order valence-corrected chi connectivity index (χ3v) is 5.33. The summed E-state index contributed by atoms with van der Waals surface area (Å²) in [7, 11) is 0. The molecule has 0 heterocycles. The molecule has 0 aromatic rings. The monoisotopic (exact) mass is 220 g/mol. The number of hydrogen-bond donors (Lipinski definition) is 0. The summed E-state index contributed by atoms with van der Waals surface area (Å²) >= 11 is 3.04. The van der Waals surface area contributed by atoms with E-state index in [1.807, 2.05) is 0 Å². The molecule has 15 heavy (non-hydrogen) atoms. The summed E-state index contributed by atoms with van der Waals surface area (Å²) in [5, 5.41) is 1.37. The van der Waals surface area contributed by atoms with Crippen LogP contribution in [0.2, 0.25) is 5.28 Å². The minimum atomic E-state index is 1.05. The lowest BCUT2D eigenvalue weighted by molar-refractivity contribution is 0.159. The molecule has 2 saturated carbocycles. The average molecular weight is 220 g/mol. The SMILES string of the molecule is [Al][CH2]C(C1CCCCC1)C1CCCCC1. The molecular weight excluding hydrogens is 195 g/mol. The maximum atomic E-state index is 3.04. The molecule has 84 valence electrons. The van der Waals surface area contributed by atoms with Gasteiger partial charge in [0.05, 0.1) is 0 Å². The van der Waals surface area contributed by atoms with Gasteiger partial charge in [-0.1, -0.05) is 64.2 Å². The second kappa shape index (κ2) is 6.31. The first-order valence-electron chi connectivity index (χ1n) is 7.12. The quantitative estimate of drug-likeness (QED) is 0.620. The molecule has 0 aromatic heterocycles. The van der Waals surface area contributed by atoms with Crippen LogP contribution in [-0.2, 0) is 0 Å². The van der Waals surface area contributed by atoms with Crippen molar-refractivity contribution in [3.8, 4) is 0 Å². The van der Waals surface area contributed by atoms with Crippen LogP contribution in [0.25, 0.3) is 0 Å². The fraction of sp³-hybridized carbons (Fsp3) is 1.00. The molecule has 2 rings (SSSR count). The van der Waals surface area contributed by atoms with Gasteiger partial charge >= 0.3 is 0 Å². The maximum Gasteiger partial charge on any atom is 0.118 e. The molecule has 0 unspecified atom stereocenters. The van der Waals surface area contributed by atoms with Crippen molar-refractivity contribution in [2.24, 2.45) is 17.8 Å². The number of hydrogen-bond acceptors (Lipinski definition) is 0. The molecule has 0 aliphatic heterocycles. The Morgan fingerprint density at radius 2 is 1.13 bits per heavy atom. The van der Waals surface area contributed by atoms with Crippen molar-refractivity contribution in [3.63, 3.8) is 0 Å². The van der Waals surface area contributed by atoms with Crippen molar-refractivity contribution >= 4 is 16.3 Å². The zero-order valence-corrected chi connectivity index (χ0v) is 11.2. The Morgan fingerprint density at radius 1 is 0.733 bits per heavy atom. The molecular formula is C14H25Al. The minimum absolute atomic E-state index is 1.05. The third kappa shape index (κ3) is 3.24. The first kappa shape index (κ1) is 12.0. The highest BCUT2D eigenvalue weighted by molar-refractivity contribution is 6.08. The Morgan fingerprint density at radius 3 is 1.47 bits per heavy atom. The Hall–Kier alpha value is 0.532. The summed E-state index contributed by atoms with van der Waals surface area (Å²) in [5.41, 5.74) is 0. The van der Waals surface area contributed by atoms with Crippen LogP contribution in [-0.4, -0.2) is 16.3 Å². The van der Waals surface area contributed by atoms with E-state index >= 15 is 0 Å². The number of rotatable bonds is 3. The predicted molar refractivity (Wildman–Crippen MR) is 67.2 cm³/mol. The van der Waals surface area contributed by atoms with Crippen LogP contribution in [0.3, 0.4) is 0 Å². The summed E-state index contributed by atoms with van der Waals surface area (Å²) in [5.74, 6) is 3.22. The summed E-state index contributed by atoms with van der Waals surface area (Å²) in [6.07, 6.45) is 15.2. The summed E-state index contributed by atoms with van der Waals surface area (Å²) < 4.78 is 0. The van der Waals surface area contributed by atoms with Gasteiger partial charge in [0.2, 0.25) is 0 Å². The van der Waals surface area contributed by atoms with Gasteiger partial charge in [-0.15, -0.1) is 5.28 Å². The molecule has 0 N–H and O–H groups in total. The van der Waals surface area contributed by atoms with Crippen LogP contribution in [0, 0.1) is 17.8 Å². The summed E-state index contributed by atoms with van der Waals surface area (Å²) in [4.78, 5) is 0. The fourth-order valence-corrected chi connectivity index (χ4v) is 4.66. The van der Waals surface area contributed by atoms with Crippen molar-refractivity contribution in [2.45, 2.75) is 69.5 Å². The zero-order valence-electron chi connectivity index (χ0n) is 10.1. The van der Waals surface area contributed by atoms with Gasteiger partial charge in [0.15, 0.2) is 0 Å². The van der Waals surface area contributed by atoms with Gasteiger partial charge in [-0.25, -0.2) is 0 Å². The van der Waals surface area contributed by atoms with Crippen molar-refractivity contribution in [2.75, 3.05) is 0 Å². The van der Waals surface area contributed by atoms with Gasteiger partial charge in [0.25, 0.3) is 0 Å². The minimum Gasteiger partial charge on any atom is -0.115 e. The fourth-order valence-electron chi connectivity index (χ4n) is 3.89. The van der Waals surface area contributed by atoms with Gasteiger partial charge < -0.3 is 0 Å². The highest BCUT2D eigenvalue weighted by Gasteiger charge is 2.29. The Labute approximate surface area is 104 Å². The standard InChI is InChI=1S/C14H25.Al/c1-12(13-8-4-2-5-9-13)14-10-6-3-7-11-14;/h12-14H,1-11H2;. The Balaban J connectivity index is 1.88. The second-order valence-electron chi connectivity index (χ2n) is 5.70. The first-order valence-corrected chi connectivity index (χ1v) is 7.93. The van der Waals surface area contributed by atoms with E-state index in [9.17, 15) is 0 Å². The molecule has 2 fully saturated rings. The second-order valence-corrected chi connectivity index (χ2v) is 6.17. The lowest BCUT2D eigenvalue weighted by Crippen LogP contribution is -2.26. The van der Waals surface area contributed by atoms with Gasteiger partial charge in [-0.05, 0) is 17.8 Å². The molecule has 2 aliphatic rings. The van der Waals surface area contributed by atoms with Crippen LogP contribution in [0.4, 0.5) is 0 Å². The topological polar surface area (TPSA) is 0 Å². The summed E-state index contributed by atoms with van der Waals surface area (Å²) in [6, 6.07) is 0. The lowest BCUT2D eigenvalue weighted by atomic mass is 9.70. The molecule has 2 radical (unpaired) electrons. The van der Waals surface area contributed by atoms with Gasteiger partial charge in [-0.2, -0.15) is 0 Å². The van der Waals surface area contributed by atoms with Crippen molar-refractivity contribution in [1.29, 1.82) is 0 Å². The molecule has 1 heteroatoms. The average Bonchev–Trinajstić information content (AvgIpc) is 2.33. The van der Waals surface area contributed by atoms with E-state index < -0.39 is 0 Å². The molecule has 0 spiro atoms. The van der Waals surface area contributed by atoms with Crippen LogP contribution in [0.15, 0.2) is 0 Å². The molecule has 0 saturated heterocycles. The molecule has 0 bridgehead atoms. The highest BCUT2D eigenvalue weighted by Crippen LogP contribution is 2.41. The largest absolute Gasteiger partial charge is 0.118 e. The van der Waals surface area contributed by atoms with Crippen LogP contribution < -0.4 is 0 Å². The van der Waals surface area contributed by atoms with E-state index in [2.05, 4.69) is 16.3 Å². The van der Waals surface area contributed by atoms with E-state index in [0.29, 0.717) is 0 Å². The van der Waals surface area contributed by atoms with E-state index in [1.54, 1.807) is 0 Å². The molecule has 0 amide bonds. The van der Waals surface area contributed by atoms with Gasteiger partial charge in [0, 0.05) is 0 Å². The van der Waals surface area contributed by atoms with Crippen molar-refractivity contribution < 1.29 is 0 Å². The Kier molecular flexibility index (Phi) is 5.05. The third-order valence-electron chi connectivity index (χ3n) is 4.78. The Bertz CT molecular complexity index is 148. The zero-order chi connectivity index (χ0) is 10.5. The first-order chi connectivity index (χ1) is 7.42. The molecule has 0 nitrogen and oxygen atoms in total. The smallest absolute Gasteiger partial charge is 0.115 e. The van der Waals surface area contributed by atoms with E-state index in [4.69, 9.17) is 0 Å². The van der Waals surface area contributed by atoms with Gasteiger partial charge in [-0.3, -0.25) is 0 Å². The predicted octanol–water partition coefficient (Wildman–Crippen LogP) is 4.35. The maximum absolute atomic E-state index is 3.04. The van der Waals surface area contributed by atoms with E-state index in [0.717, 1.165) is 17.8 Å². The lowest BCUT2D eigenvalue weighted by Gasteiger charge is -2.37. The van der Waals surface area contributed by atoms with Crippen LogP contribution in [0.5, 0.6) is 0 Å². The normalized spacial score (nSPS) is 25.9. The van der Waals surface area contributed by atoms with Crippen LogP contribution in [0.1, 0.15) is 64.2 Å². The van der Waals surface area contributed by atoms with E-state index in [1.165, 1.54) is 69.5 Å². The molecule has 0 aromatic carbocycles. The van der Waals surface area contributed by atoms with Crippen molar-refractivity contribution in [1.82, 2.24) is 0 Å².